The Morgan fingerprint density at radius 2 is 1.68 bits per heavy atom. The van der Waals surface area contributed by atoms with Crippen LogP contribution in [0.3, 0.4) is 0 Å². The molecule has 0 saturated carbocycles. The predicted octanol–water partition coefficient (Wildman–Crippen LogP) is 4.21. The monoisotopic (exact) mass is 257 g/mol. The van der Waals surface area contributed by atoms with Crippen molar-refractivity contribution in [3.8, 4) is 0 Å². The van der Waals surface area contributed by atoms with Crippen molar-refractivity contribution in [1.29, 1.82) is 0 Å². The lowest BCUT2D eigenvalue weighted by atomic mass is 10.0. The van der Waals surface area contributed by atoms with Crippen LogP contribution in [0.15, 0.2) is 42.6 Å². The summed E-state index contributed by atoms with van der Waals surface area (Å²) in [5, 5.41) is 10.5. The normalized spacial score (nSPS) is 14.6. The van der Waals surface area contributed by atoms with Gasteiger partial charge in [0.1, 0.15) is 0 Å². The molecule has 0 spiro atoms. The molecule has 2 nitrogen and oxygen atoms in total. The molecule has 0 aliphatic rings. The van der Waals surface area contributed by atoms with E-state index in [9.17, 15) is 5.11 Å². The molecule has 0 amide bonds. The zero-order chi connectivity index (χ0) is 14.0. The Hall–Kier alpha value is -1.54. The first-order chi connectivity index (χ1) is 9.00. The SMILES string of the molecule is Cc1cc(C(C)C)n(C(C)[C@@H](O)c2ccccc2)c1. The minimum Gasteiger partial charge on any atom is -0.386 e. The van der Waals surface area contributed by atoms with Crippen molar-refractivity contribution in [2.75, 3.05) is 0 Å². The van der Waals surface area contributed by atoms with Crippen LogP contribution in [-0.2, 0) is 0 Å². The van der Waals surface area contributed by atoms with Gasteiger partial charge in [-0.2, -0.15) is 0 Å². The number of aryl methyl sites for hydroxylation is 1. The van der Waals surface area contributed by atoms with Crippen LogP contribution in [0.4, 0.5) is 0 Å². The maximum Gasteiger partial charge on any atom is 0.0994 e. The summed E-state index contributed by atoms with van der Waals surface area (Å²) in [6, 6.07) is 12.1. The van der Waals surface area contributed by atoms with Gasteiger partial charge in [0, 0.05) is 11.9 Å². The summed E-state index contributed by atoms with van der Waals surface area (Å²) < 4.78 is 2.21. The van der Waals surface area contributed by atoms with Gasteiger partial charge in [-0.3, -0.25) is 0 Å². The molecule has 1 heterocycles. The highest BCUT2D eigenvalue weighted by atomic mass is 16.3. The average molecular weight is 257 g/mol. The minimum absolute atomic E-state index is 0.0356. The third-order valence-corrected chi connectivity index (χ3v) is 3.64. The molecule has 2 atom stereocenters. The number of rotatable bonds is 4. The Bertz CT molecular complexity index is 527. The van der Waals surface area contributed by atoms with Crippen molar-refractivity contribution >= 4 is 0 Å². The fourth-order valence-electron chi connectivity index (χ4n) is 2.54. The molecular weight excluding hydrogens is 234 g/mol. The van der Waals surface area contributed by atoms with Crippen molar-refractivity contribution in [1.82, 2.24) is 4.57 Å². The zero-order valence-electron chi connectivity index (χ0n) is 12.2. The van der Waals surface area contributed by atoms with Crippen molar-refractivity contribution in [3.05, 3.63) is 59.4 Å². The fourth-order valence-corrected chi connectivity index (χ4v) is 2.54. The first kappa shape index (κ1) is 13.9. The zero-order valence-corrected chi connectivity index (χ0v) is 12.2. The maximum absolute atomic E-state index is 10.5. The number of hydrogen-bond donors (Lipinski definition) is 1. The van der Waals surface area contributed by atoms with Gasteiger partial charge in [0.2, 0.25) is 0 Å². The number of aliphatic hydroxyl groups is 1. The van der Waals surface area contributed by atoms with E-state index in [2.05, 4.69) is 44.5 Å². The van der Waals surface area contributed by atoms with Crippen LogP contribution in [0.5, 0.6) is 0 Å². The topological polar surface area (TPSA) is 25.2 Å². The molecule has 0 aliphatic heterocycles. The van der Waals surface area contributed by atoms with Crippen molar-refractivity contribution in [2.24, 2.45) is 0 Å². The molecule has 2 aromatic rings. The van der Waals surface area contributed by atoms with Gasteiger partial charge in [0.05, 0.1) is 12.1 Å². The van der Waals surface area contributed by atoms with E-state index in [1.807, 2.05) is 30.3 Å². The second-order valence-corrected chi connectivity index (χ2v) is 5.60. The Labute approximate surface area is 115 Å². The smallest absolute Gasteiger partial charge is 0.0994 e. The van der Waals surface area contributed by atoms with Gasteiger partial charge in [-0.05, 0) is 37.0 Å². The summed E-state index contributed by atoms with van der Waals surface area (Å²) >= 11 is 0. The average Bonchev–Trinajstić information content (AvgIpc) is 2.80. The molecular formula is C17H23NO. The Balaban J connectivity index is 2.31. The summed E-state index contributed by atoms with van der Waals surface area (Å²) in [7, 11) is 0. The lowest BCUT2D eigenvalue weighted by Gasteiger charge is -2.24. The third kappa shape index (κ3) is 2.90. The van der Waals surface area contributed by atoms with Gasteiger partial charge < -0.3 is 9.67 Å². The number of nitrogens with zero attached hydrogens (tertiary/aromatic N) is 1. The molecule has 102 valence electrons. The van der Waals surface area contributed by atoms with E-state index in [1.165, 1.54) is 11.3 Å². The highest BCUT2D eigenvalue weighted by Gasteiger charge is 2.20. The predicted molar refractivity (Wildman–Crippen MR) is 79.4 cm³/mol. The highest BCUT2D eigenvalue weighted by Crippen LogP contribution is 2.30. The van der Waals surface area contributed by atoms with Crippen LogP contribution in [-0.4, -0.2) is 9.67 Å². The number of aliphatic hydroxyl groups excluding tert-OH is 1. The Kier molecular flexibility index (Phi) is 4.11. The number of aromatic nitrogens is 1. The van der Waals surface area contributed by atoms with Crippen LogP contribution in [0, 0.1) is 6.92 Å². The van der Waals surface area contributed by atoms with Gasteiger partial charge in [0.25, 0.3) is 0 Å². The van der Waals surface area contributed by atoms with Crippen molar-refractivity contribution < 1.29 is 5.11 Å². The van der Waals surface area contributed by atoms with Gasteiger partial charge in [-0.25, -0.2) is 0 Å². The maximum atomic E-state index is 10.5. The first-order valence-electron chi connectivity index (χ1n) is 6.92. The van der Waals surface area contributed by atoms with Crippen LogP contribution < -0.4 is 0 Å². The molecule has 1 unspecified atom stereocenters. The molecule has 2 rings (SSSR count). The lowest BCUT2D eigenvalue weighted by Crippen LogP contribution is -2.16. The molecule has 0 radical (unpaired) electrons. The van der Waals surface area contributed by atoms with E-state index in [0.29, 0.717) is 5.92 Å². The van der Waals surface area contributed by atoms with Gasteiger partial charge in [-0.15, -0.1) is 0 Å². The lowest BCUT2D eigenvalue weighted by molar-refractivity contribution is 0.120. The molecule has 1 N–H and O–H groups in total. The van der Waals surface area contributed by atoms with E-state index >= 15 is 0 Å². The van der Waals surface area contributed by atoms with Crippen LogP contribution in [0.1, 0.15) is 55.7 Å². The molecule has 0 saturated heterocycles. The Morgan fingerprint density at radius 3 is 2.26 bits per heavy atom. The molecule has 0 bridgehead atoms. The largest absolute Gasteiger partial charge is 0.386 e. The van der Waals surface area contributed by atoms with Crippen LogP contribution in [0.25, 0.3) is 0 Å². The summed E-state index contributed by atoms with van der Waals surface area (Å²) in [4.78, 5) is 0. The summed E-state index contributed by atoms with van der Waals surface area (Å²) in [5.41, 5.74) is 3.49. The standard InChI is InChI=1S/C17H23NO/c1-12(2)16-10-13(3)11-18(16)14(4)17(19)15-8-6-5-7-9-15/h5-12,14,17,19H,1-4H3/t14?,17-/m1/s1. The van der Waals surface area contributed by atoms with Crippen molar-refractivity contribution in [3.63, 3.8) is 0 Å². The minimum atomic E-state index is -0.481. The van der Waals surface area contributed by atoms with Gasteiger partial charge in [0.15, 0.2) is 0 Å². The molecule has 19 heavy (non-hydrogen) atoms. The first-order valence-corrected chi connectivity index (χ1v) is 6.92. The second kappa shape index (κ2) is 5.62. The molecule has 0 fully saturated rings. The molecule has 1 aromatic carbocycles. The Morgan fingerprint density at radius 1 is 1.05 bits per heavy atom. The molecule has 0 aliphatic carbocycles. The van der Waals surface area contributed by atoms with Gasteiger partial charge in [-0.1, -0.05) is 44.2 Å². The number of hydrogen-bond acceptors (Lipinski definition) is 1. The summed E-state index contributed by atoms with van der Waals surface area (Å²) in [5.74, 6) is 0.458. The third-order valence-electron chi connectivity index (χ3n) is 3.64. The molecule has 2 heteroatoms. The van der Waals surface area contributed by atoms with Gasteiger partial charge >= 0.3 is 0 Å². The van der Waals surface area contributed by atoms with E-state index < -0.39 is 6.10 Å². The number of benzene rings is 1. The summed E-state index contributed by atoms with van der Waals surface area (Å²) in [6.07, 6.45) is 1.65. The van der Waals surface area contributed by atoms with Crippen molar-refractivity contribution in [2.45, 2.75) is 45.8 Å². The van der Waals surface area contributed by atoms with E-state index in [0.717, 1.165) is 5.56 Å². The molecule has 1 aromatic heterocycles. The van der Waals surface area contributed by atoms with E-state index in [-0.39, 0.29) is 6.04 Å². The van der Waals surface area contributed by atoms with E-state index in [1.54, 1.807) is 0 Å². The highest BCUT2D eigenvalue weighted by molar-refractivity contribution is 5.23. The quantitative estimate of drug-likeness (QED) is 0.872. The van der Waals surface area contributed by atoms with Crippen LogP contribution in [0.2, 0.25) is 0 Å². The van der Waals surface area contributed by atoms with Crippen LogP contribution >= 0.6 is 0 Å². The summed E-state index contributed by atoms with van der Waals surface area (Å²) in [6.45, 7) is 8.55. The fraction of sp³-hybridized carbons (Fsp3) is 0.412. The van der Waals surface area contributed by atoms with E-state index in [4.69, 9.17) is 0 Å². The second-order valence-electron chi connectivity index (χ2n) is 5.60.